The Morgan fingerprint density at radius 3 is 2.52 bits per heavy atom. The molecule has 0 bridgehead atoms. The number of likely N-dealkylation sites (tertiary alicyclic amines) is 1. The van der Waals surface area contributed by atoms with Gasteiger partial charge >= 0.3 is 0 Å². The summed E-state index contributed by atoms with van der Waals surface area (Å²) in [7, 11) is 0. The number of hydrogen-bond donors (Lipinski definition) is 0. The Balaban J connectivity index is 0.000000187. The number of thioether (sulfide) groups is 1. The quantitative estimate of drug-likeness (QED) is 0.432. The number of rotatable bonds is 8. The highest BCUT2D eigenvalue weighted by Crippen LogP contribution is 2.31. The summed E-state index contributed by atoms with van der Waals surface area (Å²) in [5.41, 5.74) is 1.36. The standard InChI is InChI=1S/C15H21NO2.C10H11NOS/c1-2-8-16(7-1)9-3-4-13-5-6-14-15(12-13)18-11-10-17-14;1-11-10(12)7-8-13-9-5-3-2-4-6-9/h5-6,12H,1-4,7-11H2;2-6H,1,7-8H2. The average molecular weight is 441 g/mol. The summed E-state index contributed by atoms with van der Waals surface area (Å²) < 4.78 is 11.1. The molecule has 4 rings (SSSR count). The van der Waals surface area contributed by atoms with Crippen molar-refractivity contribution >= 4 is 24.4 Å². The zero-order chi connectivity index (χ0) is 21.7. The molecular formula is C25H32N2O3S. The molecule has 166 valence electrons. The molecule has 0 unspecified atom stereocenters. The SMILES string of the molecule is C=NC(=O)CCSc1ccccc1.c1cc2c(cc1CCCN1CCCC1)OCCO2. The zero-order valence-corrected chi connectivity index (χ0v) is 18.9. The van der Waals surface area contributed by atoms with Crippen LogP contribution < -0.4 is 9.47 Å². The molecule has 1 amide bonds. The molecule has 0 saturated carbocycles. The summed E-state index contributed by atoms with van der Waals surface area (Å²) in [4.78, 5) is 17.8. The third-order valence-electron chi connectivity index (χ3n) is 5.25. The van der Waals surface area contributed by atoms with E-state index in [2.05, 4.69) is 28.7 Å². The predicted octanol–water partition coefficient (Wildman–Crippen LogP) is 4.88. The van der Waals surface area contributed by atoms with Gasteiger partial charge in [0, 0.05) is 17.1 Å². The molecule has 1 fully saturated rings. The molecule has 31 heavy (non-hydrogen) atoms. The van der Waals surface area contributed by atoms with E-state index in [4.69, 9.17) is 9.47 Å². The molecule has 0 aromatic heterocycles. The van der Waals surface area contributed by atoms with Gasteiger partial charge in [-0.3, -0.25) is 4.79 Å². The van der Waals surface area contributed by atoms with E-state index < -0.39 is 0 Å². The molecule has 1 saturated heterocycles. The van der Waals surface area contributed by atoms with Crippen LogP contribution in [0.1, 0.15) is 31.2 Å². The number of amides is 1. The molecule has 0 aliphatic carbocycles. The molecule has 6 heteroatoms. The first-order valence-electron chi connectivity index (χ1n) is 11.0. The minimum absolute atomic E-state index is 0.136. The fraction of sp³-hybridized carbons (Fsp3) is 0.440. The number of carbonyl (C=O) groups is 1. The highest BCUT2D eigenvalue weighted by Gasteiger charge is 2.13. The van der Waals surface area contributed by atoms with Crippen molar-refractivity contribution in [1.29, 1.82) is 0 Å². The molecule has 2 aromatic rings. The van der Waals surface area contributed by atoms with Gasteiger partial charge in [-0.15, -0.1) is 11.8 Å². The lowest BCUT2D eigenvalue weighted by Gasteiger charge is -2.19. The highest BCUT2D eigenvalue weighted by molar-refractivity contribution is 7.99. The molecule has 5 nitrogen and oxygen atoms in total. The van der Waals surface area contributed by atoms with Crippen LogP contribution in [-0.4, -0.2) is 56.1 Å². The van der Waals surface area contributed by atoms with Crippen LogP contribution >= 0.6 is 11.8 Å². The van der Waals surface area contributed by atoms with Crippen LogP contribution in [0.5, 0.6) is 11.5 Å². The number of nitrogens with zero attached hydrogens (tertiary/aromatic N) is 2. The van der Waals surface area contributed by atoms with E-state index in [1.54, 1.807) is 11.8 Å². The summed E-state index contributed by atoms with van der Waals surface area (Å²) >= 11 is 1.66. The van der Waals surface area contributed by atoms with E-state index in [9.17, 15) is 4.79 Å². The van der Waals surface area contributed by atoms with E-state index >= 15 is 0 Å². The predicted molar refractivity (Wildman–Crippen MR) is 128 cm³/mol. The summed E-state index contributed by atoms with van der Waals surface area (Å²) in [6.07, 6.45) is 5.59. The van der Waals surface area contributed by atoms with E-state index in [0.29, 0.717) is 19.6 Å². The van der Waals surface area contributed by atoms with Gasteiger partial charge in [0.15, 0.2) is 11.5 Å². The summed E-state index contributed by atoms with van der Waals surface area (Å²) in [6, 6.07) is 16.3. The van der Waals surface area contributed by atoms with Gasteiger partial charge in [-0.2, -0.15) is 0 Å². The second kappa shape index (κ2) is 13.2. The number of benzene rings is 2. The van der Waals surface area contributed by atoms with Crippen LogP contribution in [0.4, 0.5) is 0 Å². The van der Waals surface area contributed by atoms with E-state index in [-0.39, 0.29) is 5.91 Å². The first-order valence-corrected chi connectivity index (χ1v) is 12.0. The van der Waals surface area contributed by atoms with Crippen LogP contribution in [0.3, 0.4) is 0 Å². The number of ether oxygens (including phenoxy) is 2. The Morgan fingerprint density at radius 2 is 1.77 bits per heavy atom. The van der Waals surface area contributed by atoms with E-state index in [1.165, 1.54) is 49.4 Å². The lowest BCUT2D eigenvalue weighted by molar-refractivity contribution is -0.117. The van der Waals surface area contributed by atoms with Crippen molar-refractivity contribution in [3.8, 4) is 11.5 Å². The summed E-state index contributed by atoms with van der Waals surface area (Å²) in [5, 5.41) is 0. The maximum atomic E-state index is 10.8. The first kappa shape index (κ1) is 23.4. The van der Waals surface area contributed by atoms with E-state index in [1.807, 2.05) is 36.4 Å². The van der Waals surface area contributed by atoms with Gasteiger partial charge in [0.2, 0.25) is 5.91 Å². The van der Waals surface area contributed by atoms with Crippen LogP contribution in [0, 0.1) is 0 Å². The van der Waals surface area contributed by atoms with Crippen LogP contribution in [-0.2, 0) is 11.2 Å². The monoisotopic (exact) mass is 440 g/mol. The van der Waals surface area contributed by atoms with Crippen molar-refractivity contribution in [2.75, 3.05) is 38.6 Å². The number of aryl methyl sites for hydroxylation is 1. The third kappa shape index (κ3) is 8.38. The Bertz CT molecular complexity index is 823. The zero-order valence-electron chi connectivity index (χ0n) is 18.1. The van der Waals surface area contributed by atoms with Gasteiger partial charge in [0.25, 0.3) is 0 Å². The van der Waals surface area contributed by atoms with Crippen LogP contribution in [0.25, 0.3) is 0 Å². The van der Waals surface area contributed by atoms with Gasteiger partial charge in [0.05, 0.1) is 0 Å². The van der Waals surface area contributed by atoms with Gasteiger partial charge in [-0.1, -0.05) is 24.3 Å². The fourth-order valence-corrected chi connectivity index (χ4v) is 4.47. The molecule has 0 atom stereocenters. The topological polar surface area (TPSA) is 51.1 Å². The lowest BCUT2D eigenvalue weighted by atomic mass is 10.1. The third-order valence-corrected chi connectivity index (χ3v) is 6.26. The number of fused-ring (bicyclic) bond motifs is 1. The smallest absolute Gasteiger partial charge is 0.245 e. The Morgan fingerprint density at radius 1 is 1.03 bits per heavy atom. The molecule has 2 aromatic carbocycles. The Labute approximate surface area is 189 Å². The highest BCUT2D eigenvalue weighted by atomic mass is 32.2. The van der Waals surface area contributed by atoms with E-state index in [0.717, 1.165) is 23.7 Å². The first-order chi connectivity index (χ1) is 15.2. The second-order valence-corrected chi connectivity index (χ2v) is 8.76. The van der Waals surface area contributed by atoms with Gasteiger partial charge in [-0.05, 0) is 81.9 Å². The minimum Gasteiger partial charge on any atom is -0.486 e. The maximum absolute atomic E-state index is 10.8. The molecule has 2 heterocycles. The summed E-state index contributed by atoms with van der Waals surface area (Å²) in [5.74, 6) is 2.44. The van der Waals surface area contributed by atoms with Gasteiger partial charge in [-0.25, -0.2) is 4.99 Å². The fourth-order valence-electron chi connectivity index (χ4n) is 3.61. The van der Waals surface area contributed by atoms with Crippen LogP contribution in [0.2, 0.25) is 0 Å². The molecule has 0 radical (unpaired) electrons. The van der Waals surface area contributed by atoms with Crippen molar-refractivity contribution < 1.29 is 14.3 Å². The van der Waals surface area contributed by atoms with Crippen LogP contribution in [0.15, 0.2) is 58.4 Å². The second-order valence-electron chi connectivity index (χ2n) is 7.59. The normalized spacial score (nSPS) is 15.1. The minimum atomic E-state index is -0.136. The average Bonchev–Trinajstić information content (AvgIpc) is 3.33. The van der Waals surface area contributed by atoms with Gasteiger partial charge in [0.1, 0.15) is 13.2 Å². The summed E-state index contributed by atoms with van der Waals surface area (Å²) in [6.45, 7) is 8.33. The number of carbonyl (C=O) groups excluding carboxylic acids is 1. The number of aliphatic imine (C=N–C) groups is 1. The van der Waals surface area contributed by atoms with Gasteiger partial charge < -0.3 is 14.4 Å². The van der Waals surface area contributed by atoms with Crippen molar-refractivity contribution in [2.24, 2.45) is 4.99 Å². The Kier molecular flexibility index (Phi) is 9.93. The Hall–Kier alpha value is -2.31. The lowest BCUT2D eigenvalue weighted by Crippen LogP contribution is -2.20. The number of hydrogen-bond acceptors (Lipinski definition) is 5. The molecule has 2 aliphatic heterocycles. The largest absolute Gasteiger partial charge is 0.486 e. The molecule has 0 N–H and O–H groups in total. The van der Waals surface area contributed by atoms with Crippen molar-refractivity contribution in [3.63, 3.8) is 0 Å². The van der Waals surface area contributed by atoms with Crippen molar-refractivity contribution in [2.45, 2.75) is 37.0 Å². The molecular weight excluding hydrogens is 408 g/mol. The van der Waals surface area contributed by atoms with Crippen molar-refractivity contribution in [3.05, 3.63) is 54.1 Å². The molecule has 0 spiro atoms. The molecule has 2 aliphatic rings. The van der Waals surface area contributed by atoms with Crippen molar-refractivity contribution in [1.82, 2.24) is 4.90 Å². The maximum Gasteiger partial charge on any atom is 0.245 e.